The molecule has 1 saturated carbocycles. The van der Waals surface area contributed by atoms with Crippen molar-refractivity contribution in [3.05, 3.63) is 23.5 Å². The van der Waals surface area contributed by atoms with Gasteiger partial charge in [-0.3, -0.25) is 0 Å². The van der Waals surface area contributed by atoms with Gasteiger partial charge in [0.15, 0.2) is 0 Å². The summed E-state index contributed by atoms with van der Waals surface area (Å²) < 4.78 is 18.6. The predicted molar refractivity (Wildman–Crippen MR) is 81.8 cm³/mol. The van der Waals surface area contributed by atoms with Gasteiger partial charge in [-0.05, 0) is 30.4 Å². The summed E-state index contributed by atoms with van der Waals surface area (Å²) in [5.74, 6) is -1.00. The topological polar surface area (TPSA) is 64.3 Å². The second kappa shape index (κ2) is 6.33. The van der Waals surface area contributed by atoms with Gasteiger partial charge in [-0.1, -0.05) is 26.2 Å². The molecule has 0 unspecified atom stereocenters. The minimum Gasteiger partial charge on any atom is -0.465 e. The van der Waals surface area contributed by atoms with E-state index in [2.05, 4.69) is 17.0 Å². The molecule has 1 aliphatic carbocycles. The largest absolute Gasteiger partial charge is 0.465 e. The van der Waals surface area contributed by atoms with Crippen LogP contribution in [0, 0.1) is 11.2 Å². The number of benzene rings is 1. The van der Waals surface area contributed by atoms with Crippen LogP contribution in [0.15, 0.2) is 12.1 Å². The molecule has 2 rings (SSSR count). The Morgan fingerprint density at radius 2 is 2.05 bits per heavy atom. The van der Waals surface area contributed by atoms with E-state index < -0.39 is 11.8 Å². The van der Waals surface area contributed by atoms with Gasteiger partial charge >= 0.3 is 5.97 Å². The van der Waals surface area contributed by atoms with Crippen molar-refractivity contribution in [3.8, 4) is 0 Å². The minimum absolute atomic E-state index is 0.0915. The predicted octanol–water partition coefficient (Wildman–Crippen LogP) is 3.58. The number of nitrogens with two attached hydrogens (primary N) is 1. The Morgan fingerprint density at radius 3 is 2.67 bits per heavy atom. The van der Waals surface area contributed by atoms with E-state index in [1.807, 2.05) is 0 Å². The minimum atomic E-state index is -0.556. The number of hydrogen-bond acceptors (Lipinski definition) is 4. The molecule has 1 aromatic rings. The first-order valence-corrected chi connectivity index (χ1v) is 7.36. The van der Waals surface area contributed by atoms with Crippen molar-refractivity contribution in [2.45, 2.75) is 39.0 Å². The first-order chi connectivity index (χ1) is 9.95. The number of carbonyl (C=O) groups excluding carboxylic acids is 1. The molecule has 4 nitrogen and oxygen atoms in total. The van der Waals surface area contributed by atoms with Crippen molar-refractivity contribution in [1.82, 2.24) is 0 Å². The van der Waals surface area contributed by atoms with Gasteiger partial charge in [0.05, 0.1) is 18.4 Å². The highest BCUT2D eigenvalue weighted by Crippen LogP contribution is 2.36. The second-order valence-corrected chi connectivity index (χ2v) is 6.14. The number of carbonyl (C=O) groups is 1. The maximum Gasteiger partial charge on any atom is 0.340 e. The maximum atomic E-state index is 14.0. The van der Waals surface area contributed by atoms with Crippen LogP contribution in [0.2, 0.25) is 0 Å². The lowest BCUT2D eigenvalue weighted by Gasteiger charge is -2.34. The highest BCUT2D eigenvalue weighted by Gasteiger charge is 2.27. The quantitative estimate of drug-likeness (QED) is 0.658. The van der Waals surface area contributed by atoms with Crippen molar-refractivity contribution in [1.29, 1.82) is 0 Å². The fraction of sp³-hybridized carbons (Fsp3) is 0.562. The van der Waals surface area contributed by atoms with Crippen LogP contribution in [-0.2, 0) is 4.74 Å². The summed E-state index contributed by atoms with van der Waals surface area (Å²) in [5, 5.41) is 3.13. The van der Waals surface area contributed by atoms with E-state index in [0.29, 0.717) is 12.2 Å². The number of nitrogen functional groups attached to an aromatic ring is 1. The molecule has 0 spiro atoms. The summed E-state index contributed by atoms with van der Waals surface area (Å²) >= 11 is 0. The van der Waals surface area contributed by atoms with Crippen molar-refractivity contribution < 1.29 is 13.9 Å². The Balaban J connectivity index is 2.14. The van der Waals surface area contributed by atoms with Crippen LogP contribution < -0.4 is 11.1 Å². The molecule has 0 aromatic heterocycles. The number of ether oxygens (including phenoxy) is 1. The second-order valence-electron chi connectivity index (χ2n) is 6.14. The molecule has 1 fully saturated rings. The molecule has 0 aliphatic heterocycles. The molecule has 0 amide bonds. The van der Waals surface area contributed by atoms with Crippen LogP contribution in [0.5, 0.6) is 0 Å². The van der Waals surface area contributed by atoms with Crippen molar-refractivity contribution in [3.63, 3.8) is 0 Å². The third-order valence-corrected chi connectivity index (χ3v) is 4.31. The summed E-state index contributed by atoms with van der Waals surface area (Å²) in [4.78, 5) is 11.6. The number of nitrogens with one attached hydrogen (secondary N) is 1. The van der Waals surface area contributed by atoms with E-state index in [9.17, 15) is 9.18 Å². The van der Waals surface area contributed by atoms with E-state index in [4.69, 9.17) is 5.73 Å². The normalized spacial score (nSPS) is 17.3. The van der Waals surface area contributed by atoms with Gasteiger partial charge in [0.2, 0.25) is 0 Å². The van der Waals surface area contributed by atoms with E-state index in [0.717, 1.165) is 18.9 Å². The van der Waals surface area contributed by atoms with Crippen molar-refractivity contribution in [2.24, 2.45) is 5.41 Å². The number of hydrogen-bond donors (Lipinski definition) is 2. The summed E-state index contributed by atoms with van der Waals surface area (Å²) in [6.07, 6.45) is 5.99. The third kappa shape index (κ3) is 3.65. The zero-order valence-corrected chi connectivity index (χ0v) is 12.7. The molecule has 0 heterocycles. The number of anilines is 2. The lowest BCUT2D eigenvalue weighted by Crippen LogP contribution is -2.29. The highest BCUT2D eigenvalue weighted by atomic mass is 19.1. The number of rotatable bonds is 4. The van der Waals surface area contributed by atoms with Gasteiger partial charge in [-0.2, -0.15) is 0 Å². The van der Waals surface area contributed by atoms with E-state index in [1.54, 1.807) is 0 Å². The van der Waals surface area contributed by atoms with Gasteiger partial charge in [-0.15, -0.1) is 0 Å². The Labute approximate surface area is 124 Å². The SMILES string of the molecule is COC(=O)c1cc(NCC2(C)CCCCC2)c(F)cc1N. The Hall–Kier alpha value is -1.78. The molecular weight excluding hydrogens is 271 g/mol. The van der Waals surface area contributed by atoms with Gasteiger partial charge in [0.1, 0.15) is 5.82 Å². The number of halogens is 1. The average Bonchev–Trinajstić information content (AvgIpc) is 2.46. The molecule has 1 aromatic carbocycles. The monoisotopic (exact) mass is 294 g/mol. The molecule has 1 aliphatic rings. The third-order valence-electron chi connectivity index (χ3n) is 4.31. The van der Waals surface area contributed by atoms with Crippen molar-refractivity contribution >= 4 is 17.3 Å². The summed E-state index contributed by atoms with van der Waals surface area (Å²) in [6.45, 7) is 2.91. The molecule has 116 valence electrons. The van der Waals surface area contributed by atoms with Crippen molar-refractivity contribution in [2.75, 3.05) is 24.7 Å². The van der Waals surface area contributed by atoms with Gasteiger partial charge in [0, 0.05) is 12.2 Å². The smallest absolute Gasteiger partial charge is 0.340 e. The summed E-state index contributed by atoms with van der Waals surface area (Å²) in [7, 11) is 1.28. The summed E-state index contributed by atoms with van der Waals surface area (Å²) in [5.41, 5.74) is 6.42. The maximum absolute atomic E-state index is 14.0. The molecule has 0 radical (unpaired) electrons. The zero-order chi connectivity index (χ0) is 15.5. The molecule has 3 N–H and O–H groups in total. The van der Waals surface area contributed by atoms with Crippen LogP contribution in [0.3, 0.4) is 0 Å². The zero-order valence-electron chi connectivity index (χ0n) is 12.7. The Bertz CT molecular complexity index is 525. The number of esters is 1. The lowest BCUT2D eigenvalue weighted by atomic mass is 9.76. The lowest BCUT2D eigenvalue weighted by molar-refractivity contribution is 0.0602. The van der Waals surface area contributed by atoms with Crippen LogP contribution in [0.25, 0.3) is 0 Å². The van der Waals surface area contributed by atoms with Gasteiger partial charge in [0.25, 0.3) is 0 Å². The summed E-state index contributed by atoms with van der Waals surface area (Å²) in [6, 6.07) is 2.60. The molecule has 0 atom stereocenters. The fourth-order valence-electron chi connectivity index (χ4n) is 2.90. The van der Waals surface area contributed by atoms with E-state index in [1.165, 1.54) is 32.4 Å². The molecule has 0 saturated heterocycles. The first-order valence-electron chi connectivity index (χ1n) is 7.36. The molecular formula is C16H23FN2O2. The van der Waals surface area contributed by atoms with Crippen LogP contribution in [0.1, 0.15) is 49.4 Å². The standard InChI is InChI=1S/C16H23FN2O2/c1-16(6-4-3-5-7-16)10-19-14-8-11(15(20)21-2)13(18)9-12(14)17/h8-9,19H,3-7,10,18H2,1-2H3. The Morgan fingerprint density at radius 1 is 1.38 bits per heavy atom. The van der Waals surface area contributed by atoms with Crippen LogP contribution >= 0.6 is 0 Å². The van der Waals surface area contributed by atoms with Gasteiger partial charge in [-0.25, -0.2) is 9.18 Å². The first kappa shape index (κ1) is 15.6. The number of methoxy groups -OCH3 is 1. The fourth-order valence-corrected chi connectivity index (χ4v) is 2.90. The van der Waals surface area contributed by atoms with Gasteiger partial charge < -0.3 is 15.8 Å². The van der Waals surface area contributed by atoms with Crippen LogP contribution in [-0.4, -0.2) is 19.6 Å². The van der Waals surface area contributed by atoms with E-state index >= 15 is 0 Å². The molecule has 21 heavy (non-hydrogen) atoms. The van der Waals surface area contributed by atoms with Crippen LogP contribution in [0.4, 0.5) is 15.8 Å². The Kier molecular flexibility index (Phi) is 4.70. The average molecular weight is 294 g/mol. The van der Waals surface area contributed by atoms with E-state index in [-0.39, 0.29) is 16.7 Å². The molecule has 0 bridgehead atoms. The molecule has 5 heteroatoms. The highest BCUT2D eigenvalue weighted by molar-refractivity contribution is 5.96.